The van der Waals surface area contributed by atoms with Gasteiger partial charge in [0.2, 0.25) is 0 Å². The molecule has 2 aliphatic heterocycles. The van der Waals surface area contributed by atoms with Gasteiger partial charge in [-0.25, -0.2) is 0 Å². The largest absolute Gasteiger partial charge is 0.308 e. The fourth-order valence-electron chi connectivity index (χ4n) is 3.52. The maximum absolute atomic E-state index is 13.2. The molecule has 2 aliphatic rings. The van der Waals surface area contributed by atoms with E-state index >= 15 is 0 Å². The van der Waals surface area contributed by atoms with Crippen molar-refractivity contribution in [2.45, 2.75) is 26.3 Å². The van der Waals surface area contributed by atoms with Crippen LogP contribution in [0.1, 0.15) is 30.9 Å². The molecule has 0 aliphatic carbocycles. The van der Waals surface area contributed by atoms with Crippen molar-refractivity contribution in [3.05, 3.63) is 69.6 Å². The molecule has 7 heteroatoms. The van der Waals surface area contributed by atoms with E-state index < -0.39 is 0 Å². The Kier molecular flexibility index (Phi) is 5.76. The van der Waals surface area contributed by atoms with Crippen molar-refractivity contribution in [3.8, 4) is 0 Å². The normalized spacial score (nSPS) is 18.8. The van der Waals surface area contributed by atoms with Crippen LogP contribution in [0.2, 0.25) is 5.02 Å². The van der Waals surface area contributed by atoms with Crippen LogP contribution in [-0.2, 0) is 16.1 Å². The summed E-state index contributed by atoms with van der Waals surface area (Å²) in [6.07, 6.45) is 1.89. The number of rotatable bonds is 5. The predicted molar refractivity (Wildman–Crippen MR) is 123 cm³/mol. The first kappa shape index (κ1) is 20.1. The van der Waals surface area contributed by atoms with Crippen LogP contribution < -0.4 is 4.90 Å². The van der Waals surface area contributed by atoms with Crippen LogP contribution in [0.5, 0.6) is 0 Å². The van der Waals surface area contributed by atoms with Gasteiger partial charge in [-0.15, -0.1) is 0 Å². The Bertz CT molecular complexity index is 1050. The lowest BCUT2D eigenvalue weighted by molar-refractivity contribution is -0.122. The van der Waals surface area contributed by atoms with Crippen LogP contribution in [0.25, 0.3) is 5.57 Å². The highest BCUT2D eigenvalue weighted by molar-refractivity contribution is 8.26. The molecule has 0 aromatic heterocycles. The molecule has 2 aromatic rings. The molecule has 0 unspecified atom stereocenters. The van der Waals surface area contributed by atoms with E-state index in [1.165, 1.54) is 16.7 Å². The summed E-state index contributed by atoms with van der Waals surface area (Å²) in [6.45, 7) is 3.01. The monoisotopic (exact) mass is 442 g/mol. The molecule has 2 heterocycles. The van der Waals surface area contributed by atoms with Gasteiger partial charge in [-0.2, -0.15) is 0 Å². The summed E-state index contributed by atoms with van der Waals surface area (Å²) in [6, 6.07) is 15.0. The summed E-state index contributed by atoms with van der Waals surface area (Å²) in [5, 5.41) is 0.585. The SMILES string of the molecule is CCCCN1C(=O)C(=C2SC(=S)N(Cc3ccccc3Cl)C2=O)c2ccccc21. The molecular weight excluding hydrogens is 424 g/mol. The van der Waals surface area contributed by atoms with Crippen molar-refractivity contribution in [1.82, 2.24) is 4.90 Å². The Labute approximate surface area is 184 Å². The van der Waals surface area contributed by atoms with Gasteiger partial charge in [0.1, 0.15) is 4.32 Å². The molecule has 0 radical (unpaired) electrons. The minimum Gasteiger partial charge on any atom is -0.308 e. The molecule has 2 amide bonds. The first-order chi connectivity index (χ1) is 14.0. The minimum absolute atomic E-state index is 0.127. The minimum atomic E-state index is -0.240. The second-order valence-corrected chi connectivity index (χ2v) is 8.93. The van der Waals surface area contributed by atoms with E-state index in [4.69, 9.17) is 23.8 Å². The summed E-state index contributed by atoms with van der Waals surface area (Å²) < 4.78 is 0.440. The van der Waals surface area contributed by atoms with Gasteiger partial charge in [0.05, 0.1) is 22.7 Å². The van der Waals surface area contributed by atoms with Gasteiger partial charge in [-0.05, 0) is 24.1 Å². The fourth-order valence-corrected chi connectivity index (χ4v) is 5.04. The molecule has 1 fully saturated rings. The third-order valence-corrected chi connectivity index (χ3v) is 6.84. The average molecular weight is 443 g/mol. The van der Waals surface area contributed by atoms with Crippen molar-refractivity contribution in [3.63, 3.8) is 0 Å². The van der Waals surface area contributed by atoms with E-state index in [9.17, 15) is 9.59 Å². The van der Waals surface area contributed by atoms with E-state index in [1.807, 2.05) is 42.5 Å². The van der Waals surface area contributed by atoms with Gasteiger partial charge in [0.15, 0.2) is 0 Å². The van der Waals surface area contributed by atoms with Gasteiger partial charge in [-0.3, -0.25) is 14.5 Å². The van der Waals surface area contributed by atoms with Gasteiger partial charge < -0.3 is 4.90 Å². The average Bonchev–Trinajstić information content (AvgIpc) is 3.15. The molecule has 4 rings (SSSR count). The lowest BCUT2D eigenvalue weighted by Gasteiger charge is -2.16. The number of carbonyl (C=O) groups is 2. The number of unbranched alkanes of at least 4 members (excludes halogenated alkanes) is 1. The Balaban J connectivity index is 1.72. The number of benzene rings is 2. The molecule has 0 N–H and O–H groups in total. The topological polar surface area (TPSA) is 40.6 Å². The van der Waals surface area contributed by atoms with Crippen molar-refractivity contribution < 1.29 is 9.59 Å². The zero-order valence-corrected chi connectivity index (χ0v) is 18.2. The van der Waals surface area contributed by atoms with Gasteiger partial charge in [0, 0.05) is 17.1 Å². The Morgan fingerprint density at radius 2 is 1.72 bits per heavy atom. The van der Waals surface area contributed by atoms with Crippen LogP contribution >= 0.6 is 35.6 Å². The molecule has 0 saturated carbocycles. The lowest BCUT2D eigenvalue weighted by Crippen LogP contribution is -2.29. The summed E-state index contributed by atoms with van der Waals surface area (Å²) in [5.74, 6) is -0.367. The summed E-state index contributed by atoms with van der Waals surface area (Å²) in [7, 11) is 0. The van der Waals surface area contributed by atoms with E-state index in [0.29, 0.717) is 26.4 Å². The van der Waals surface area contributed by atoms with Gasteiger partial charge in [-0.1, -0.05) is 85.3 Å². The van der Waals surface area contributed by atoms with Crippen LogP contribution in [0.3, 0.4) is 0 Å². The number of fused-ring (bicyclic) bond motifs is 1. The number of carbonyl (C=O) groups excluding carboxylic acids is 2. The molecule has 0 spiro atoms. The molecule has 4 nitrogen and oxygen atoms in total. The van der Waals surface area contributed by atoms with Crippen LogP contribution in [0.15, 0.2) is 53.4 Å². The highest BCUT2D eigenvalue weighted by atomic mass is 35.5. The second-order valence-electron chi connectivity index (χ2n) is 6.88. The number of para-hydroxylation sites is 1. The lowest BCUT2D eigenvalue weighted by atomic mass is 10.1. The first-order valence-electron chi connectivity index (χ1n) is 9.45. The smallest absolute Gasteiger partial charge is 0.267 e. The summed E-state index contributed by atoms with van der Waals surface area (Å²) in [4.78, 5) is 30.2. The number of hydrogen-bond donors (Lipinski definition) is 0. The van der Waals surface area contributed by atoms with E-state index in [2.05, 4.69) is 6.92 Å². The zero-order valence-electron chi connectivity index (χ0n) is 15.9. The Hall–Kier alpha value is -2.15. The Morgan fingerprint density at radius 1 is 1.00 bits per heavy atom. The molecule has 0 atom stereocenters. The van der Waals surface area contributed by atoms with Crippen LogP contribution in [-0.4, -0.2) is 27.6 Å². The van der Waals surface area contributed by atoms with Gasteiger partial charge >= 0.3 is 0 Å². The third-order valence-electron chi connectivity index (χ3n) is 5.02. The number of thiocarbonyl (C=S) groups is 1. The van der Waals surface area contributed by atoms with Crippen molar-refractivity contribution in [1.29, 1.82) is 0 Å². The highest BCUT2D eigenvalue weighted by Gasteiger charge is 2.41. The molecule has 29 heavy (non-hydrogen) atoms. The molecular formula is C22H19ClN2O2S2. The zero-order chi connectivity index (χ0) is 20.5. The second kappa shape index (κ2) is 8.30. The van der Waals surface area contributed by atoms with E-state index in [-0.39, 0.29) is 18.4 Å². The number of hydrogen-bond acceptors (Lipinski definition) is 4. The number of amides is 2. The maximum atomic E-state index is 13.2. The van der Waals surface area contributed by atoms with Gasteiger partial charge in [0.25, 0.3) is 11.8 Å². The third kappa shape index (κ3) is 3.61. The molecule has 1 saturated heterocycles. The van der Waals surface area contributed by atoms with Crippen molar-refractivity contribution in [2.24, 2.45) is 0 Å². The van der Waals surface area contributed by atoms with E-state index in [1.54, 1.807) is 11.0 Å². The highest BCUT2D eigenvalue weighted by Crippen LogP contribution is 2.45. The molecule has 2 aromatic carbocycles. The quantitative estimate of drug-likeness (QED) is 0.468. The number of anilines is 1. The van der Waals surface area contributed by atoms with Crippen molar-refractivity contribution >= 4 is 63.0 Å². The van der Waals surface area contributed by atoms with Crippen LogP contribution in [0.4, 0.5) is 5.69 Å². The predicted octanol–water partition coefficient (Wildman–Crippen LogP) is 5.26. The summed E-state index contributed by atoms with van der Waals surface area (Å²) in [5.41, 5.74) is 2.93. The molecule has 148 valence electrons. The molecule has 0 bridgehead atoms. The summed E-state index contributed by atoms with van der Waals surface area (Å²) >= 11 is 12.9. The Morgan fingerprint density at radius 3 is 2.48 bits per heavy atom. The number of nitrogens with zero attached hydrogens (tertiary/aromatic N) is 2. The standard InChI is InChI=1S/C22H19ClN2O2S2/c1-2-3-12-24-17-11-7-5-9-15(17)18(20(24)26)19-21(27)25(22(28)29-19)13-14-8-4-6-10-16(14)23/h4-11H,2-3,12-13H2,1H3. The maximum Gasteiger partial charge on any atom is 0.267 e. The van der Waals surface area contributed by atoms with Crippen LogP contribution in [0, 0.1) is 0 Å². The van der Waals surface area contributed by atoms with Crippen molar-refractivity contribution in [2.75, 3.05) is 11.4 Å². The fraction of sp³-hybridized carbons (Fsp3) is 0.227. The first-order valence-corrected chi connectivity index (χ1v) is 11.1. The number of halogens is 1. The van der Waals surface area contributed by atoms with E-state index in [0.717, 1.165) is 29.7 Å². The number of thioether (sulfide) groups is 1.